The Morgan fingerprint density at radius 1 is 0.968 bits per heavy atom. The Kier molecular flexibility index (Phi) is 6.87. The Labute approximate surface area is 184 Å². The van der Waals surface area contributed by atoms with Gasteiger partial charge in [0.2, 0.25) is 11.8 Å². The number of piperazine rings is 1. The molecule has 2 aliphatic heterocycles. The van der Waals surface area contributed by atoms with Crippen molar-refractivity contribution in [1.29, 1.82) is 0 Å². The van der Waals surface area contributed by atoms with Gasteiger partial charge in [0.1, 0.15) is 0 Å². The number of aryl methyl sites for hydroxylation is 1. The molecule has 31 heavy (non-hydrogen) atoms. The summed E-state index contributed by atoms with van der Waals surface area (Å²) in [6.45, 7) is 11.6. The Balaban J connectivity index is 1.26. The number of aromatic nitrogens is 2. The second-order valence-electron chi connectivity index (χ2n) is 8.69. The van der Waals surface area contributed by atoms with E-state index in [1.807, 2.05) is 26.0 Å². The van der Waals surface area contributed by atoms with E-state index in [0.717, 1.165) is 45.0 Å². The number of hydrogen-bond acceptors (Lipinski definition) is 7. The van der Waals surface area contributed by atoms with Crippen LogP contribution in [-0.2, 0) is 4.79 Å². The zero-order chi connectivity index (χ0) is 21.8. The summed E-state index contributed by atoms with van der Waals surface area (Å²) in [5.41, 5.74) is 2.10. The first-order valence-corrected chi connectivity index (χ1v) is 11.5. The Bertz CT molecular complexity index is 853. The van der Waals surface area contributed by atoms with Crippen LogP contribution in [0.2, 0.25) is 0 Å². The molecule has 1 aromatic heterocycles. The SMILES string of the molecule is Cc1noc(C(C)N2CCN(C(C)C(=O)Nc3ccc(N4CCCCC4)cc3)CC2)n1. The molecule has 1 aromatic carbocycles. The first-order valence-electron chi connectivity index (χ1n) is 11.5. The predicted molar refractivity (Wildman–Crippen MR) is 121 cm³/mol. The van der Waals surface area contributed by atoms with Crippen molar-refractivity contribution >= 4 is 17.3 Å². The minimum absolute atomic E-state index is 0.0414. The van der Waals surface area contributed by atoms with Crippen LogP contribution in [0.3, 0.4) is 0 Å². The van der Waals surface area contributed by atoms with Gasteiger partial charge in [-0.15, -0.1) is 0 Å². The fourth-order valence-corrected chi connectivity index (χ4v) is 4.47. The van der Waals surface area contributed by atoms with Crippen LogP contribution in [0, 0.1) is 6.92 Å². The van der Waals surface area contributed by atoms with Crippen LogP contribution >= 0.6 is 0 Å². The lowest BCUT2D eigenvalue weighted by Crippen LogP contribution is -2.53. The number of anilines is 2. The van der Waals surface area contributed by atoms with Crippen LogP contribution in [0.4, 0.5) is 11.4 Å². The van der Waals surface area contributed by atoms with Gasteiger partial charge in [0.25, 0.3) is 0 Å². The monoisotopic (exact) mass is 426 g/mol. The van der Waals surface area contributed by atoms with Gasteiger partial charge in [-0.1, -0.05) is 5.16 Å². The van der Waals surface area contributed by atoms with Crippen molar-refractivity contribution in [2.45, 2.75) is 52.1 Å². The van der Waals surface area contributed by atoms with Gasteiger partial charge < -0.3 is 14.7 Å². The van der Waals surface area contributed by atoms with E-state index >= 15 is 0 Å². The third-order valence-corrected chi connectivity index (χ3v) is 6.58. The molecule has 2 fully saturated rings. The molecule has 0 radical (unpaired) electrons. The largest absolute Gasteiger partial charge is 0.372 e. The summed E-state index contributed by atoms with van der Waals surface area (Å²) < 4.78 is 5.32. The van der Waals surface area contributed by atoms with E-state index in [1.54, 1.807) is 0 Å². The molecule has 0 bridgehead atoms. The number of nitrogens with zero attached hydrogens (tertiary/aromatic N) is 5. The summed E-state index contributed by atoms with van der Waals surface area (Å²) in [7, 11) is 0. The van der Waals surface area contributed by atoms with Gasteiger partial charge in [-0.05, 0) is 64.3 Å². The molecule has 2 atom stereocenters. The van der Waals surface area contributed by atoms with Gasteiger partial charge in [-0.25, -0.2) is 0 Å². The fourth-order valence-electron chi connectivity index (χ4n) is 4.47. The topological polar surface area (TPSA) is 77.7 Å². The highest BCUT2D eigenvalue weighted by Crippen LogP contribution is 2.23. The molecular formula is C23H34N6O2. The average Bonchev–Trinajstić information content (AvgIpc) is 3.25. The van der Waals surface area contributed by atoms with Crippen molar-refractivity contribution in [1.82, 2.24) is 19.9 Å². The van der Waals surface area contributed by atoms with E-state index in [1.165, 1.54) is 24.9 Å². The predicted octanol–water partition coefficient (Wildman–Crippen LogP) is 3.07. The summed E-state index contributed by atoms with van der Waals surface area (Å²) in [6, 6.07) is 8.17. The lowest BCUT2D eigenvalue weighted by atomic mass is 10.1. The molecule has 4 rings (SSSR count). The van der Waals surface area contributed by atoms with Crippen molar-refractivity contribution < 1.29 is 9.32 Å². The molecule has 8 heteroatoms. The molecule has 0 aliphatic carbocycles. The summed E-state index contributed by atoms with van der Waals surface area (Å²) in [6.07, 6.45) is 3.85. The van der Waals surface area contributed by atoms with E-state index < -0.39 is 0 Å². The minimum atomic E-state index is -0.176. The lowest BCUT2D eigenvalue weighted by molar-refractivity contribution is -0.121. The third kappa shape index (κ3) is 5.25. The lowest BCUT2D eigenvalue weighted by Gasteiger charge is -2.39. The van der Waals surface area contributed by atoms with Crippen molar-refractivity contribution in [3.63, 3.8) is 0 Å². The summed E-state index contributed by atoms with van der Waals surface area (Å²) in [5, 5.41) is 6.98. The Hall–Kier alpha value is -2.45. The molecule has 1 N–H and O–H groups in total. The van der Waals surface area contributed by atoms with Crippen LogP contribution in [0.25, 0.3) is 0 Å². The molecule has 168 valence electrons. The molecule has 2 unspecified atom stereocenters. The van der Waals surface area contributed by atoms with Crippen LogP contribution in [0.5, 0.6) is 0 Å². The van der Waals surface area contributed by atoms with Gasteiger partial charge in [0.15, 0.2) is 5.82 Å². The van der Waals surface area contributed by atoms with E-state index in [2.05, 4.69) is 49.2 Å². The van der Waals surface area contributed by atoms with Gasteiger partial charge >= 0.3 is 0 Å². The van der Waals surface area contributed by atoms with Gasteiger partial charge in [0.05, 0.1) is 12.1 Å². The fraction of sp³-hybridized carbons (Fsp3) is 0.609. The van der Waals surface area contributed by atoms with E-state index in [-0.39, 0.29) is 18.0 Å². The van der Waals surface area contributed by atoms with E-state index in [0.29, 0.717) is 11.7 Å². The van der Waals surface area contributed by atoms with Gasteiger partial charge in [-0.2, -0.15) is 4.98 Å². The van der Waals surface area contributed by atoms with E-state index in [9.17, 15) is 4.79 Å². The Morgan fingerprint density at radius 2 is 1.61 bits per heavy atom. The summed E-state index contributed by atoms with van der Waals surface area (Å²) in [4.78, 5) is 24.2. The number of benzene rings is 1. The maximum absolute atomic E-state index is 12.8. The molecule has 2 aromatic rings. The summed E-state index contributed by atoms with van der Waals surface area (Å²) >= 11 is 0. The molecule has 0 spiro atoms. The number of carbonyl (C=O) groups is 1. The number of hydrogen-bond donors (Lipinski definition) is 1. The molecule has 2 aliphatic rings. The molecule has 0 saturated carbocycles. The first kappa shape index (κ1) is 21.8. The van der Waals surface area contributed by atoms with Crippen LogP contribution in [0.15, 0.2) is 28.8 Å². The molecular weight excluding hydrogens is 392 g/mol. The quantitative estimate of drug-likeness (QED) is 0.761. The maximum Gasteiger partial charge on any atom is 0.243 e. The zero-order valence-electron chi connectivity index (χ0n) is 18.9. The van der Waals surface area contributed by atoms with E-state index in [4.69, 9.17) is 4.52 Å². The molecule has 3 heterocycles. The normalized spacial score (nSPS) is 20.4. The Morgan fingerprint density at radius 3 is 2.23 bits per heavy atom. The highest BCUT2D eigenvalue weighted by molar-refractivity contribution is 5.94. The number of amides is 1. The van der Waals surface area contributed by atoms with Crippen molar-refractivity contribution in [2.24, 2.45) is 0 Å². The van der Waals surface area contributed by atoms with Crippen LogP contribution < -0.4 is 10.2 Å². The second kappa shape index (κ2) is 9.78. The van der Waals surface area contributed by atoms with Crippen molar-refractivity contribution in [2.75, 3.05) is 49.5 Å². The highest BCUT2D eigenvalue weighted by Gasteiger charge is 2.29. The van der Waals surface area contributed by atoms with Gasteiger partial charge in [0, 0.05) is 50.6 Å². The third-order valence-electron chi connectivity index (χ3n) is 6.58. The molecule has 2 saturated heterocycles. The number of carbonyl (C=O) groups excluding carboxylic acids is 1. The zero-order valence-corrected chi connectivity index (χ0v) is 18.9. The van der Waals surface area contributed by atoms with Gasteiger partial charge in [-0.3, -0.25) is 14.6 Å². The average molecular weight is 427 g/mol. The number of piperidine rings is 1. The van der Waals surface area contributed by atoms with Crippen molar-refractivity contribution in [3.05, 3.63) is 36.0 Å². The minimum Gasteiger partial charge on any atom is -0.372 e. The number of nitrogens with one attached hydrogen (secondary N) is 1. The number of rotatable bonds is 6. The maximum atomic E-state index is 12.8. The molecule has 8 nitrogen and oxygen atoms in total. The van der Waals surface area contributed by atoms with Crippen LogP contribution in [0.1, 0.15) is 50.9 Å². The van der Waals surface area contributed by atoms with Crippen molar-refractivity contribution in [3.8, 4) is 0 Å². The van der Waals surface area contributed by atoms with Crippen LogP contribution in [-0.4, -0.2) is 71.2 Å². The smallest absolute Gasteiger partial charge is 0.243 e. The standard InChI is InChI=1S/C23H34N6O2/c1-17(27-13-15-28(16-14-27)18(2)23-24-19(3)26-31-23)22(30)25-20-7-9-21(10-8-20)29-11-5-4-6-12-29/h7-10,17-18H,4-6,11-16H2,1-3H3,(H,25,30). The second-order valence-corrected chi connectivity index (χ2v) is 8.69. The molecule has 1 amide bonds. The highest BCUT2D eigenvalue weighted by atomic mass is 16.5. The summed E-state index contributed by atoms with van der Waals surface area (Å²) in [5.74, 6) is 1.36. The first-order chi connectivity index (χ1) is 15.0.